The Morgan fingerprint density at radius 2 is 1.88 bits per heavy atom. The first-order valence-electron chi connectivity index (χ1n) is 7.69. The van der Waals surface area contributed by atoms with Crippen LogP contribution in [0, 0.1) is 0 Å². The fourth-order valence-corrected chi connectivity index (χ4v) is 2.39. The average molecular weight is 344 g/mol. The minimum absolute atomic E-state index is 0.312. The molecule has 136 valence electrons. The zero-order valence-corrected chi connectivity index (χ0v) is 13.7. The highest BCUT2D eigenvalue weighted by atomic mass is 16.4. The molecule has 4 unspecified atom stereocenters. The topological polar surface area (TPSA) is 162 Å². The van der Waals surface area contributed by atoms with Gasteiger partial charge in [0.2, 0.25) is 17.7 Å². The van der Waals surface area contributed by atoms with E-state index in [9.17, 15) is 24.3 Å². The van der Waals surface area contributed by atoms with Crippen LogP contribution in [0.2, 0.25) is 0 Å². The fraction of sp³-hybridized carbons (Fsp3) is 0.714. The third kappa shape index (κ3) is 5.17. The predicted molar refractivity (Wildman–Crippen MR) is 82.6 cm³/mol. The molecule has 0 aromatic heterocycles. The van der Waals surface area contributed by atoms with Gasteiger partial charge in [0, 0.05) is 6.54 Å². The Kier molecular flexibility index (Phi) is 7.11. The Morgan fingerprint density at radius 3 is 2.38 bits per heavy atom. The van der Waals surface area contributed by atoms with Gasteiger partial charge in [0.1, 0.15) is 12.1 Å². The quantitative estimate of drug-likeness (QED) is 0.338. The van der Waals surface area contributed by atoms with E-state index in [0.29, 0.717) is 19.4 Å². The molecule has 1 heterocycles. The summed E-state index contributed by atoms with van der Waals surface area (Å²) >= 11 is 0. The van der Waals surface area contributed by atoms with Gasteiger partial charge in [0.15, 0.2) is 0 Å². The van der Waals surface area contributed by atoms with E-state index >= 15 is 0 Å². The molecule has 1 fully saturated rings. The van der Waals surface area contributed by atoms with Crippen molar-refractivity contribution in [1.29, 1.82) is 0 Å². The van der Waals surface area contributed by atoms with E-state index in [1.165, 1.54) is 18.7 Å². The molecule has 0 aromatic rings. The smallest absolute Gasteiger partial charge is 0.326 e. The van der Waals surface area contributed by atoms with Gasteiger partial charge in [-0.15, -0.1) is 0 Å². The highest BCUT2D eigenvalue weighted by Gasteiger charge is 2.34. The monoisotopic (exact) mass is 344 g/mol. The zero-order chi connectivity index (χ0) is 18.4. The Bertz CT molecular complexity index is 507. The average Bonchev–Trinajstić information content (AvgIpc) is 2.98. The zero-order valence-electron chi connectivity index (χ0n) is 13.7. The number of hydrogen-bond donors (Lipinski definition) is 5. The Hall–Kier alpha value is -2.20. The molecule has 24 heavy (non-hydrogen) atoms. The van der Waals surface area contributed by atoms with Crippen molar-refractivity contribution in [3.05, 3.63) is 0 Å². The second kappa shape index (κ2) is 8.60. The molecule has 4 atom stereocenters. The van der Waals surface area contributed by atoms with E-state index < -0.39 is 54.5 Å². The van der Waals surface area contributed by atoms with E-state index in [4.69, 9.17) is 10.8 Å². The summed E-state index contributed by atoms with van der Waals surface area (Å²) in [6.45, 7) is 2.64. The molecule has 10 nitrogen and oxygen atoms in total. The van der Waals surface area contributed by atoms with Crippen molar-refractivity contribution in [2.75, 3.05) is 13.1 Å². The van der Waals surface area contributed by atoms with Crippen molar-refractivity contribution in [3.63, 3.8) is 0 Å². The molecule has 0 radical (unpaired) electrons. The summed E-state index contributed by atoms with van der Waals surface area (Å²) in [7, 11) is 0. The minimum atomic E-state index is -1.26. The largest absolute Gasteiger partial charge is 0.480 e. The number of rotatable bonds is 7. The standard InChI is InChI=1S/C14H24N4O6/c1-7(15)12(21)17-11(8(2)19)13(22)16-6-10(20)18-5-3-4-9(18)14(23)24/h7-9,11,19H,3-6,15H2,1-2H3,(H,16,22)(H,17,21)(H,23,24). The van der Waals surface area contributed by atoms with Crippen LogP contribution in [-0.4, -0.2) is 76.1 Å². The Balaban J connectivity index is 2.60. The number of aliphatic hydroxyl groups excluding tert-OH is 1. The number of likely N-dealkylation sites (tertiary alicyclic amines) is 1. The van der Waals surface area contributed by atoms with Crippen LogP contribution in [0.4, 0.5) is 0 Å². The highest BCUT2D eigenvalue weighted by Crippen LogP contribution is 2.17. The van der Waals surface area contributed by atoms with Gasteiger partial charge in [-0.2, -0.15) is 0 Å². The normalized spacial score (nSPS) is 20.8. The molecule has 0 saturated carbocycles. The Labute approximate surface area is 139 Å². The van der Waals surface area contributed by atoms with Crippen molar-refractivity contribution in [3.8, 4) is 0 Å². The van der Waals surface area contributed by atoms with Gasteiger partial charge < -0.3 is 31.5 Å². The first-order valence-corrected chi connectivity index (χ1v) is 7.69. The van der Waals surface area contributed by atoms with Gasteiger partial charge in [0.05, 0.1) is 18.7 Å². The summed E-state index contributed by atoms with van der Waals surface area (Å²) in [5.41, 5.74) is 5.39. The van der Waals surface area contributed by atoms with E-state index in [1.807, 2.05) is 0 Å². The molecule has 0 spiro atoms. The first kappa shape index (κ1) is 19.8. The van der Waals surface area contributed by atoms with Crippen LogP contribution in [0.1, 0.15) is 26.7 Å². The lowest BCUT2D eigenvalue weighted by molar-refractivity contribution is -0.148. The molecule has 1 aliphatic rings. The summed E-state index contributed by atoms with van der Waals surface area (Å²) in [4.78, 5) is 47.9. The van der Waals surface area contributed by atoms with Crippen LogP contribution in [0.5, 0.6) is 0 Å². The van der Waals surface area contributed by atoms with Gasteiger partial charge in [-0.1, -0.05) is 0 Å². The van der Waals surface area contributed by atoms with E-state index in [1.54, 1.807) is 0 Å². The van der Waals surface area contributed by atoms with Crippen molar-refractivity contribution in [2.24, 2.45) is 5.73 Å². The van der Waals surface area contributed by atoms with Crippen LogP contribution in [0.15, 0.2) is 0 Å². The second-order valence-electron chi connectivity index (χ2n) is 5.82. The van der Waals surface area contributed by atoms with E-state index in [2.05, 4.69) is 10.6 Å². The molecule has 1 aliphatic heterocycles. The van der Waals surface area contributed by atoms with Crippen molar-refractivity contribution >= 4 is 23.7 Å². The van der Waals surface area contributed by atoms with Gasteiger partial charge in [-0.25, -0.2) is 4.79 Å². The molecule has 10 heteroatoms. The van der Waals surface area contributed by atoms with E-state index in [-0.39, 0.29) is 0 Å². The second-order valence-corrected chi connectivity index (χ2v) is 5.82. The lowest BCUT2D eigenvalue weighted by Crippen LogP contribution is -2.56. The number of hydrogen-bond acceptors (Lipinski definition) is 6. The number of carbonyl (C=O) groups excluding carboxylic acids is 3. The number of aliphatic carboxylic acids is 1. The lowest BCUT2D eigenvalue weighted by Gasteiger charge is -2.24. The van der Waals surface area contributed by atoms with Gasteiger partial charge >= 0.3 is 5.97 Å². The lowest BCUT2D eigenvalue weighted by atomic mass is 10.1. The van der Waals surface area contributed by atoms with Gasteiger partial charge in [-0.05, 0) is 26.7 Å². The summed E-state index contributed by atoms with van der Waals surface area (Å²) in [5, 5.41) is 23.3. The highest BCUT2D eigenvalue weighted by molar-refractivity contribution is 5.93. The number of carboxylic acid groups (broad SMARTS) is 1. The molecule has 1 saturated heterocycles. The van der Waals surface area contributed by atoms with Gasteiger partial charge in [0.25, 0.3) is 0 Å². The molecule has 0 aromatic carbocycles. The molecular weight excluding hydrogens is 320 g/mol. The van der Waals surface area contributed by atoms with E-state index in [0.717, 1.165) is 0 Å². The fourth-order valence-electron chi connectivity index (χ4n) is 2.39. The maximum Gasteiger partial charge on any atom is 0.326 e. The molecule has 3 amide bonds. The number of aliphatic hydroxyl groups is 1. The summed E-state index contributed by atoms with van der Waals surface area (Å²) in [6.07, 6.45) is -0.242. The maximum atomic E-state index is 12.1. The molecule has 0 bridgehead atoms. The number of carboxylic acids is 1. The van der Waals surface area contributed by atoms with Crippen molar-refractivity contribution < 1.29 is 29.4 Å². The number of carbonyl (C=O) groups is 4. The number of nitrogens with one attached hydrogen (secondary N) is 2. The third-order valence-corrected chi connectivity index (χ3v) is 3.75. The van der Waals surface area contributed by atoms with Crippen LogP contribution in [-0.2, 0) is 19.2 Å². The number of nitrogens with zero attached hydrogens (tertiary/aromatic N) is 1. The molecule has 0 aliphatic carbocycles. The summed E-state index contributed by atoms with van der Waals surface area (Å²) < 4.78 is 0. The van der Waals surface area contributed by atoms with Crippen LogP contribution in [0.3, 0.4) is 0 Å². The summed E-state index contributed by atoms with van der Waals surface area (Å²) in [6, 6.07) is -3.01. The first-order chi connectivity index (χ1) is 11.1. The number of amides is 3. The third-order valence-electron chi connectivity index (χ3n) is 3.75. The van der Waals surface area contributed by atoms with Crippen LogP contribution >= 0.6 is 0 Å². The maximum absolute atomic E-state index is 12.1. The number of nitrogens with two attached hydrogens (primary N) is 1. The molecule has 1 rings (SSSR count). The predicted octanol–water partition coefficient (Wildman–Crippen LogP) is -2.61. The van der Waals surface area contributed by atoms with Gasteiger partial charge in [-0.3, -0.25) is 14.4 Å². The molecular formula is C14H24N4O6. The van der Waals surface area contributed by atoms with Crippen molar-refractivity contribution in [1.82, 2.24) is 15.5 Å². The molecule has 6 N–H and O–H groups in total. The Morgan fingerprint density at radius 1 is 1.25 bits per heavy atom. The van der Waals surface area contributed by atoms with Crippen molar-refractivity contribution in [2.45, 2.75) is 50.9 Å². The SMILES string of the molecule is CC(N)C(=O)NC(C(=O)NCC(=O)N1CCCC1C(=O)O)C(C)O. The summed E-state index contributed by atoms with van der Waals surface area (Å²) in [5.74, 6) is -2.99. The minimum Gasteiger partial charge on any atom is -0.480 e. The van der Waals surface area contributed by atoms with Crippen LogP contribution < -0.4 is 16.4 Å². The van der Waals surface area contributed by atoms with Crippen LogP contribution in [0.25, 0.3) is 0 Å².